The predicted molar refractivity (Wildman–Crippen MR) is 124 cm³/mol. The summed E-state index contributed by atoms with van der Waals surface area (Å²) in [6.07, 6.45) is 2.15. The molecule has 0 bridgehead atoms. The molecule has 1 heterocycles. The van der Waals surface area contributed by atoms with E-state index < -0.39 is 0 Å². The summed E-state index contributed by atoms with van der Waals surface area (Å²) < 4.78 is 23.3. The smallest absolute Gasteiger partial charge is 0.196 e. The quantitative estimate of drug-likeness (QED) is 0.353. The van der Waals surface area contributed by atoms with Crippen molar-refractivity contribution in [2.24, 2.45) is 0 Å². The van der Waals surface area contributed by atoms with Gasteiger partial charge in [-0.25, -0.2) is 0 Å². The molecule has 0 amide bonds. The first kappa shape index (κ1) is 23.0. The zero-order valence-electron chi connectivity index (χ0n) is 18.7. The molecule has 0 N–H and O–H groups in total. The van der Waals surface area contributed by atoms with E-state index in [1.165, 1.54) is 0 Å². The maximum absolute atomic E-state index is 13.5. The monoisotopic (exact) mass is 424 g/mol. The maximum Gasteiger partial charge on any atom is 0.196 e. The van der Waals surface area contributed by atoms with E-state index in [-0.39, 0.29) is 11.5 Å². The Morgan fingerprint density at radius 3 is 2.45 bits per heavy atom. The summed E-state index contributed by atoms with van der Waals surface area (Å²) in [5, 5.41) is 0.570. The second-order valence-corrected chi connectivity index (χ2v) is 7.30. The standard InChI is InChI=1S/C26H32O5/c1-4-28-17-16-20(29-5-2)12-15-23-25(27)22-14-13-21(30-6-3)18-24(22)31-26(23)19-10-8-7-9-11-19/h7-11,13-14,18,20H,4-6,12,15-17H2,1-3H3. The fraction of sp³-hybridized carbons (Fsp3) is 0.423. The van der Waals surface area contributed by atoms with Crippen molar-refractivity contribution in [1.29, 1.82) is 0 Å². The van der Waals surface area contributed by atoms with Gasteiger partial charge < -0.3 is 18.6 Å². The van der Waals surface area contributed by atoms with Gasteiger partial charge in [0.05, 0.1) is 18.1 Å². The summed E-state index contributed by atoms with van der Waals surface area (Å²) >= 11 is 0. The summed E-state index contributed by atoms with van der Waals surface area (Å²) in [6, 6.07) is 15.2. The Morgan fingerprint density at radius 1 is 0.935 bits per heavy atom. The van der Waals surface area contributed by atoms with Gasteiger partial charge in [-0.15, -0.1) is 0 Å². The van der Waals surface area contributed by atoms with Gasteiger partial charge in [-0.1, -0.05) is 30.3 Å². The molecule has 0 aliphatic heterocycles. The van der Waals surface area contributed by atoms with Gasteiger partial charge in [-0.3, -0.25) is 4.79 Å². The molecule has 5 heteroatoms. The van der Waals surface area contributed by atoms with Crippen LogP contribution < -0.4 is 10.2 Å². The molecule has 0 spiro atoms. The van der Waals surface area contributed by atoms with Gasteiger partial charge >= 0.3 is 0 Å². The Kier molecular flexibility index (Phi) is 8.68. The van der Waals surface area contributed by atoms with Crippen LogP contribution in [0.2, 0.25) is 0 Å². The van der Waals surface area contributed by atoms with Gasteiger partial charge in [0.2, 0.25) is 0 Å². The van der Waals surface area contributed by atoms with Crippen molar-refractivity contribution in [1.82, 2.24) is 0 Å². The van der Waals surface area contributed by atoms with Gasteiger partial charge in [0.15, 0.2) is 5.43 Å². The molecular weight excluding hydrogens is 392 g/mol. The topological polar surface area (TPSA) is 57.9 Å². The van der Waals surface area contributed by atoms with Crippen LogP contribution in [0.1, 0.15) is 39.2 Å². The Bertz CT molecular complexity index is 1010. The van der Waals surface area contributed by atoms with Crippen molar-refractivity contribution in [2.75, 3.05) is 26.4 Å². The highest BCUT2D eigenvalue weighted by molar-refractivity contribution is 5.81. The minimum Gasteiger partial charge on any atom is -0.494 e. The maximum atomic E-state index is 13.5. The largest absolute Gasteiger partial charge is 0.494 e. The van der Waals surface area contributed by atoms with Gasteiger partial charge in [-0.05, 0) is 52.2 Å². The zero-order valence-corrected chi connectivity index (χ0v) is 18.7. The Labute approximate surface area is 183 Å². The lowest BCUT2D eigenvalue weighted by Crippen LogP contribution is -2.19. The average Bonchev–Trinajstić information content (AvgIpc) is 2.79. The van der Waals surface area contributed by atoms with E-state index in [0.717, 1.165) is 18.4 Å². The molecular formula is C26H32O5. The molecule has 5 nitrogen and oxygen atoms in total. The van der Waals surface area contributed by atoms with E-state index in [4.69, 9.17) is 18.6 Å². The van der Waals surface area contributed by atoms with Crippen LogP contribution >= 0.6 is 0 Å². The third-order valence-corrected chi connectivity index (χ3v) is 5.21. The first-order chi connectivity index (χ1) is 15.2. The fourth-order valence-electron chi connectivity index (χ4n) is 3.73. The van der Waals surface area contributed by atoms with Gasteiger partial charge in [0.1, 0.15) is 17.1 Å². The summed E-state index contributed by atoms with van der Waals surface area (Å²) in [4.78, 5) is 13.5. The number of hydrogen-bond acceptors (Lipinski definition) is 5. The summed E-state index contributed by atoms with van der Waals surface area (Å²) in [6.45, 7) is 8.44. The Morgan fingerprint density at radius 2 is 1.74 bits per heavy atom. The van der Waals surface area contributed by atoms with E-state index in [2.05, 4.69) is 0 Å². The van der Waals surface area contributed by atoms with Crippen molar-refractivity contribution in [3.63, 3.8) is 0 Å². The minimum absolute atomic E-state index is 0.00297. The number of benzene rings is 2. The molecule has 1 unspecified atom stereocenters. The normalized spacial score (nSPS) is 12.2. The molecule has 0 fully saturated rings. The van der Waals surface area contributed by atoms with Gasteiger partial charge in [-0.2, -0.15) is 0 Å². The van der Waals surface area contributed by atoms with Crippen molar-refractivity contribution >= 4 is 11.0 Å². The lowest BCUT2D eigenvalue weighted by molar-refractivity contribution is 0.0253. The number of ether oxygens (including phenoxy) is 3. The van der Waals surface area contributed by atoms with Crippen LogP contribution in [0.15, 0.2) is 57.7 Å². The molecule has 0 saturated carbocycles. The number of rotatable bonds is 12. The second-order valence-electron chi connectivity index (χ2n) is 7.30. The third kappa shape index (κ3) is 5.96. The minimum atomic E-state index is 0.00297. The summed E-state index contributed by atoms with van der Waals surface area (Å²) in [5.41, 5.74) is 2.11. The third-order valence-electron chi connectivity index (χ3n) is 5.21. The summed E-state index contributed by atoms with van der Waals surface area (Å²) in [7, 11) is 0. The highest BCUT2D eigenvalue weighted by Crippen LogP contribution is 2.29. The molecule has 0 aliphatic rings. The van der Waals surface area contributed by atoms with Crippen LogP contribution in [0, 0.1) is 0 Å². The van der Waals surface area contributed by atoms with Gasteiger partial charge in [0.25, 0.3) is 0 Å². The second kappa shape index (κ2) is 11.7. The van der Waals surface area contributed by atoms with Crippen LogP contribution in [0.3, 0.4) is 0 Å². The molecule has 3 aromatic rings. The number of fused-ring (bicyclic) bond motifs is 1. The van der Waals surface area contributed by atoms with Crippen molar-refractivity contribution in [3.05, 3.63) is 64.3 Å². The SMILES string of the molecule is CCOCCC(CCc1c(-c2ccccc2)oc2cc(OCC)ccc2c1=O)OCC. The molecule has 166 valence electrons. The van der Waals surface area contributed by atoms with E-state index in [1.807, 2.05) is 57.2 Å². The van der Waals surface area contributed by atoms with Gasteiger partial charge in [0, 0.05) is 37.0 Å². The molecule has 3 rings (SSSR count). The van der Waals surface area contributed by atoms with Crippen LogP contribution in [0.25, 0.3) is 22.3 Å². The Hall–Kier alpha value is -2.63. The average molecular weight is 425 g/mol. The Balaban J connectivity index is 1.98. The van der Waals surface area contributed by atoms with E-state index in [1.54, 1.807) is 12.1 Å². The van der Waals surface area contributed by atoms with E-state index >= 15 is 0 Å². The van der Waals surface area contributed by atoms with Crippen LogP contribution in [0.5, 0.6) is 5.75 Å². The van der Waals surface area contributed by atoms with Crippen LogP contribution in [-0.2, 0) is 15.9 Å². The first-order valence-electron chi connectivity index (χ1n) is 11.1. The molecule has 1 atom stereocenters. The van der Waals surface area contributed by atoms with Crippen molar-refractivity contribution < 1.29 is 18.6 Å². The van der Waals surface area contributed by atoms with Crippen LogP contribution in [-0.4, -0.2) is 32.5 Å². The highest BCUT2D eigenvalue weighted by atomic mass is 16.5. The lowest BCUT2D eigenvalue weighted by Gasteiger charge is -2.18. The number of hydrogen-bond donors (Lipinski definition) is 0. The van der Waals surface area contributed by atoms with E-state index in [9.17, 15) is 4.79 Å². The molecule has 1 aromatic heterocycles. The first-order valence-corrected chi connectivity index (χ1v) is 11.1. The molecule has 2 aromatic carbocycles. The summed E-state index contributed by atoms with van der Waals surface area (Å²) in [5.74, 6) is 1.31. The van der Waals surface area contributed by atoms with Crippen molar-refractivity contribution in [3.8, 4) is 17.1 Å². The zero-order chi connectivity index (χ0) is 22.1. The molecule has 0 aliphatic carbocycles. The predicted octanol–water partition coefficient (Wildman–Crippen LogP) is 5.62. The van der Waals surface area contributed by atoms with Crippen molar-refractivity contribution in [2.45, 2.75) is 46.1 Å². The van der Waals surface area contributed by atoms with E-state index in [0.29, 0.717) is 60.9 Å². The lowest BCUT2D eigenvalue weighted by atomic mass is 9.98. The van der Waals surface area contributed by atoms with Crippen LogP contribution in [0.4, 0.5) is 0 Å². The molecule has 0 radical (unpaired) electrons. The fourth-order valence-corrected chi connectivity index (χ4v) is 3.73. The molecule has 31 heavy (non-hydrogen) atoms. The highest BCUT2D eigenvalue weighted by Gasteiger charge is 2.19. The molecule has 0 saturated heterocycles.